The molecule has 0 atom stereocenters. The number of benzene rings is 1. The predicted octanol–water partition coefficient (Wildman–Crippen LogP) is 2.59. The first-order valence-corrected chi connectivity index (χ1v) is 6.62. The fourth-order valence-electron chi connectivity index (χ4n) is 1.99. The molecule has 19 heavy (non-hydrogen) atoms. The van der Waals surface area contributed by atoms with Crippen molar-refractivity contribution in [2.45, 2.75) is 19.8 Å². The highest BCUT2D eigenvalue weighted by Gasteiger charge is 2.29. The van der Waals surface area contributed by atoms with E-state index in [0.717, 1.165) is 18.4 Å². The standard InChI is InChI=1S/C14H16ClNO3/c1-9-2-5-11(15)6-12(9)14(19)16(8-13(17)18)7-10-3-4-10/h2,5-6,10H,3-4,7-8H2,1H3,(H,17,18). The van der Waals surface area contributed by atoms with Crippen LogP contribution in [0.2, 0.25) is 5.02 Å². The van der Waals surface area contributed by atoms with Crippen molar-refractivity contribution < 1.29 is 14.7 Å². The van der Waals surface area contributed by atoms with Crippen molar-refractivity contribution in [1.82, 2.24) is 4.90 Å². The lowest BCUT2D eigenvalue weighted by Gasteiger charge is -2.21. The number of carboxylic acid groups (broad SMARTS) is 1. The number of rotatable bonds is 5. The molecule has 1 amide bonds. The van der Waals surface area contributed by atoms with E-state index < -0.39 is 5.97 Å². The number of nitrogens with zero attached hydrogens (tertiary/aromatic N) is 1. The second kappa shape index (κ2) is 5.61. The molecule has 1 aromatic carbocycles. The molecule has 4 nitrogen and oxygen atoms in total. The Kier molecular flexibility index (Phi) is 4.10. The van der Waals surface area contributed by atoms with Crippen molar-refractivity contribution in [3.63, 3.8) is 0 Å². The molecule has 1 aliphatic rings. The number of hydrogen-bond acceptors (Lipinski definition) is 2. The van der Waals surface area contributed by atoms with Crippen LogP contribution in [0.15, 0.2) is 18.2 Å². The van der Waals surface area contributed by atoms with Gasteiger partial charge in [0.25, 0.3) is 5.91 Å². The zero-order valence-corrected chi connectivity index (χ0v) is 11.5. The van der Waals surface area contributed by atoms with Crippen molar-refractivity contribution in [3.8, 4) is 0 Å². The number of carbonyl (C=O) groups is 2. The largest absolute Gasteiger partial charge is 0.480 e. The minimum absolute atomic E-state index is 0.255. The fraction of sp³-hybridized carbons (Fsp3) is 0.429. The van der Waals surface area contributed by atoms with Gasteiger partial charge in [0, 0.05) is 17.1 Å². The molecular weight excluding hydrogens is 266 g/mol. The number of aliphatic carboxylic acids is 1. The van der Waals surface area contributed by atoms with Crippen molar-refractivity contribution >= 4 is 23.5 Å². The first-order valence-electron chi connectivity index (χ1n) is 6.24. The second-order valence-corrected chi connectivity index (χ2v) is 5.42. The number of hydrogen-bond donors (Lipinski definition) is 1. The molecule has 0 heterocycles. The van der Waals surface area contributed by atoms with Crippen LogP contribution in [0.5, 0.6) is 0 Å². The summed E-state index contributed by atoms with van der Waals surface area (Å²) in [4.78, 5) is 24.7. The highest BCUT2D eigenvalue weighted by Crippen LogP contribution is 2.30. The summed E-state index contributed by atoms with van der Waals surface area (Å²) in [6, 6.07) is 5.09. The molecular formula is C14H16ClNO3. The first-order chi connectivity index (χ1) is 8.97. The van der Waals surface area contributed by atoms with Gasteiger partial charge in [0.15, 0.2) is 0 Å². The normalized spacial score (nSPS) is 14.2. The summed E-state index contributed by atoms with van der Waals surface area (Å²) in [6.07, 6.45) is 2.13. The van der Waals surface area contributed by atoms with Gasteiger partial charge in [-0.15, -0.1) is 0 Å². The van der Waals surface area contributed by atoms with Crippen LogP contribution in [-0.4, -0.2) is 35.0 Å². The Morgan fingerprint density at radius 2 is 2.11 bits per heavy atom. The number of carboxylic acids is 1. The Morgan fingerprint density at radius 1 is 1.42 bits per heavy atom. The molecule has 1 aromatic rings. The maximum atomic E-state index is 12.4. The number of aryl methyl sites for hydroxylation is 1. The molecule has 0 bridgehead atoms. The monoisotopic (exact) mass is 281 g/mol. The summed E-state index contributed by atoms with van der Waals surface area (Å²) >= 11 is 5.90. The Morgan fingerprint density at radius 3 is 2.68 bits per heavy atom. The van der Waals surface area contributed by atoms with Gasteiger partial charge in [0.05, 0.1) is 0 Å². The van der Waals surface area contributed by atoms with Gasteiger partial charge in [-0.2, -0.15) is 0 Å². The van der Waals surface area contributed by atoms with Crippen LogP contribution in [0, 0.1) is 12.8 Å². The summed E-state index contributed by atoms with van der Waals surface area (Å²) in [5.41, 5.74) is 1.29. The van der Waals surface area contributed by atoms with E-state index >= 15 is 0 Å². The fourth-order valence-corrected chi connectivity index (χ4v) is 2.16. The van der Waals surface area contributed by atoms with E-state index in [1.54, 1.807) is 18.2 Å². The van der Waals surface area contributed by atoms with Crippen LogP contribution in [0.4, 0.5) is 0 Å². The van der Waals surface area contributed by atoms with Crippen LogP contribution >= 0.6 is 11.6 Å². The third-order valence-corrected chi connectivity index (χ3v) is 3.45. The minimum atomic E-state index is -0.992. The van der Waals surface area contributed by atoms with Gasteiger partial charge in [-0.05, 0) is 43.4 Å². The first kappa shape index (κ1) is 13.9. The van der Waals surface area contributed by atoms with Gasteiger partial charge in [-0.25, -0.2) is 0 Å². The lowest BCUT2D eigenvalue weighted by molar-refractivity contribution is -0.137. The van der Waals surface area contributed by atoms with Gasteiger partial charge in [-0.1, -0.05) is 17.7 Å². The van der Waals surface area contributed by atoms with E-state index in [4.69, 9.17) is 16.7 Å². The molecule has 1 aliphatic carbocycles. The molecule has 0 aromatic heterocycles. The molecule has 102 valence electrons. The third kappa shape index (κ3) is 3.70. The van der Waals surface area contributed by atoms with Crippen LogP contribution in [0.25, 0.3) is 0 Å². The molecule has 1 saturated carbocycles. The van der Waals surface area contributed by atoms with Gasteiger partial charge < -0.3 is 10.0 Å². The molecule has 0 aliphatic heterocycles. The lowest BCUT2D eigenvalue weighted by Crippen LogP contribution is -2.37. The van der Waals surface area contributed by atoms with Crippen LogP contribution in [-0.2, 0) is 4.79 Å². The van der Waals surface area contributed by atoms with Crippen molar-refractivity contribution in [1.29, 1.82) is 0 Å². The molecule has 0 saturated heterocycles. The Bertz CT molecular complexity index is 511. The SMILES string of the molecule is Cc1ccc(Cl)cc1C(=O)N(CC(=O)O)CC1CC1. The number of carbonyl (C=O) groups excluding carboxylic acids is 1. The van der Waals surface area contributed by atoms with Crippen molar-refractivity contribution in [2.24, 2.45) is 5.92 Å². The zero-order valence-electron chi connectivity index (χ0n) is 10.7. The highest BCUT2D eigenvalue weighted by molar-refractivity contribution is 6.31. The van der Waals surface area contributed by atoms with Crippen LogP contribution < -0.4 is 0 Å². The molecule has 1 fully saturated rings. The predicted molar refractivity (Wildman–Crippen MR) is 72.5 cm³/mol. The van der Waals surface area contributed by atoms with Gasteiger partial charge in [-0.3, -0.25) is 9.59 Å². The third-order valence-electron chi connectivity index (χ3n) is 3.22. The van der Waals surface area contributed by atoms with E-state index in [1.165, 1.54) is 4.90 Å². The van der Waals surface area contributed by atoms with Crippen molar-refractivity contribution in [3.05, 3.63) is 34.3 Å². The Balaban J connectivity index is 2.21. The zero-order chi connectivity index (χ0) is 14.0. The van der Waals surface area contributed by atoms with Crippen molar-refractivity contribution in [2.75, 3.05) is 13.1 Å². The summed E-state index contributed by atoms with van der Waals surface area (Å²) in [7, 11) is 0. The maximum Gasteiger partial charge on any atom is 0.323 e. The summed E-state index contributed by atoms with van der Waals surface area (Å²) in [5.74, 6) is -0.800. The molecule has 2 rings (SSSR count). The van der Waals surface area contributed by atoms with Gasteiger partial charge in [0.1, 0.15) is 6.54 Å². The molecule has 5 heteroatoms. The van der Waals surface area contributed by atoms with E-state index in [1.807, 2.05) is 6.92 Å². The summed E-state index contributed by atoms with van der Waals surface area (Å²) < 4.78 is 0. The minimum Gasteiger partial charge on any atom is -0.480 e. The average Bonchev–Trinajstić information content (AvgIpc) is 3.14. The smallest absolute Gasteiger partial charge is 0.323 e. The van der Waals surface area contributed by atoms with Crippen LogP contribution in [0.3, 0.4) is 0 Å². The lowest BCUT2D eigenvalue weighted by atomic mass is 10.1. The topological polar surface area (TPSA) is 57.6 Å². The van der Waals surface area contributed by atoms with E-state index in [0.29, 0.717) is 23.0 Å². The summed E-state index contributed by atoms with van der Waals surface area (Å²) in [6.45, 7) is 2.07. The van der Waals surface area contributed by atoms with E-state index in [-0.39, 0.29) is 12.5 Å². The molecule has 0 radical (unpaired) electrons. The van der Waals surface area contributed by atoms with Gasteiger partial charge >= 0.3 is 5.97 Å². The molecule has 0 unspecified atom stereocenters. The Hall–Kier alpha value is -1.55. The van der Waals surface area contributed by atoms with Gasteiger partial charge in [0.2, 0.25) is 0 Å². The molecule has 1 N–H and O–H groups in total. The summed E-state index contributed by atoms with van der Waals surface area (Å²) in [5, 5.41) is 9.40. The second-order valence-electron chi connectivity index (χ2n) is 4.98. The molecule has 0 spiro atoms. The van der Waals surface area contributed by atoms with E-state index in [9.17, 15) is 9.59 Å². The Labute approximate surface area is 117 Å². The highest BCUT2D eigenvalue weighted by atomic mass is 35.5. The maximum absolute atomic E-state index is 12.4. The number of amides is 1. The average molecular weight is 282 g/mol. The van der Waals surface area contributed by atoms with E-state index in [2.05, 4.69) is 0 Å². The number of halogens is 1. The quantitative estimate of drug-likeness (QED) is 0.902. The van der Waals surface area contributed by atoms with Crippen LogP contribution in [0.1, 0.15) is 28.8 Å².